The van der Waals surface area contributed by atoms with Crippen LogP contribution in [0.5, 0.6) is 5.75 Å². The summed E-state index contributed by atoms with van der Waals surface area (Å²) >= 11 is 0. The van der Waals surface area contributed by atoms with Gasteiger partial charge in [-0.15, -0.1) is 0 Å². The van der Waals surface area contributed by atoms with E-state index >= 15 is 0 Å². The summed E-state index contributed by atoms with van der Waals surface area (Å²) in [6, 6.07) is 5.76. The van der Waals surface area contributed by atoms with Crippen LogP contribution in [0, 0.1) is 6.92 Å². The molecular weight excluding hydrogens is 294 g/mol. The topological polar surface area (TPSA) is 72.3 Å². The Morgan fingerprint density at radius 3 is 2.87 bits per heavy atom. The smallest absolute Gasteiger partial charge is 0.317 e. The highest BCUT2D eigenvalue weighted by molar-refractivity contribution is 5.74. The number of aryl methyl sites for hydroxylation is 1. The summed E-state index contributed by atoms with van der Waals surface area (Å²) in [5.74, 6) is 0.849. The molecule has 0 saturated heterocycles. The second kappa shape index (κ2) is 7.62. The number of hydrogen-bond acceptors (Lipinski definition) is 4. The average molecular weight is 317 g/mol. The van der Waals surface area contributed by atoms with Gasteiger partial charge in [-0.05, 0) is 31.0 Å². The van der Waals surface area contributed by atoms with Crippen molar-refractivity contribution in [1.82, 2.24) is 25.0 Å². The highest BCUT2D eigenvalue weighted by Gasteiger charge is 2.13. The molecule has 124 valence electrons. The van der Waals surface area contributed by atoms with Crippen LogP contribution in [0.4, 0.5) is 4.79 Å². The molecule has 0 aliphatic carbocycles. The number of benzene rings is 1. The number of urea groups is 1. The van der Waals surface area contributed by atoms with Gasteiger partial charge in [-0.25, -0.2) is 9.78 Å². The molecule has 2 amide bonds. The summed E-state index contributed by atoms with van der Waals surface area (Å²) in [7, 11) is 3.43. The van der Waals surface area contributed by atoms with Gasteiger partial charge in [0.2, 0.25) is 0 Å². The summed E-state index contributed by atoms with van der Waals surface area (Å²) in [5, 5.41) is 6.98. The molecule has 0 fully saturated rings. The summed E-state index contributed by atoms with van der Waals surface area (Å²) in [4.78, 5) is 17.8. The zero-order valence-corrected chi connectivity index (χ0v) is 14.0. The molecule has 1 atom stereocenters. The Kier molecular flexibility index (Phi) is 5.56. The Morgan fingerprint density at radius 2 is 2.26 bits per heavy atom. The molecule has 0 unspecified atom stereocenters. The van der Waals surface area contributed by atoms with Crippen LogP contribution in [0.25, 0.3) is 0 Å². The Bertz CT molecular complexity index is 642. The summed E-state index contributed by atoms with van der Waals surface area (Å²) in [6.07, 6.45) is 3.11. The maximum Gasteiger partial charge on any atom is 0.317 e. The molecule has 2 rings (SSSR count). The number of methoxy groups -OCH3 is 1. The third kappa shape index (κ3) is 4.70. The van der Waals surface area contributed by atoms with Gasteiger partial charge in [0.15, 0.2) is 0 Å². The number of amides is 2. The summed E-state index contributed by atoms with van der Waals surface area (Å²) < 4.78 is 6.94. The lowest BCUT2D eigenvalue weighted by Gasteiger charge is -2.21. The number of aromatic nitrogens is 3. The molecule has 1 N–H and O–H groups in total. The number of hydrogen-bond donors (Lipinski definition) is 1. The van der Waals surface area contributed by atoms with Crippen molar-refractivity contribution < 1.29 is 9.53 Å². The minimum absolute atomic E-state index is 0.0377. The van der Waals surface area contributed by atoms with Gasteiger partial charge in [0.25, 0.3) is 0 Å². The van der Waals surface area contributed by atoms with E-state index in [-0.39, 0.29) is 12.1 Å². The normalized spacial score (nSPS) is 11.8. The van der Waals surface area contributed by atoms with Gasteiger partial charge in [-0.3, -0.25) is 4.68 Å². The minimum atomic E-state index is -0.119. The molecule has 0 spiro atoms. The maximum absolute atomic E-state index is 12.2. The van der Waals surface area contributed by atoms with Crippen molar-refractivity contribution in [2.45, 2.75) is 33.0 Å². The van der Waals surface area contributed by atoms with E-state index < -0.39 is 0 Å². The summed E-state index contributed by atoms with van der Waals surface area (Å²) in [6.45, 7) is 5.04. The van der Waals surface area contributed by atoms with E-state index in [0.717, 1.165) is 16.9 Å². The van der Waals surface area contributed by atoms with Gasteiger partial charge in [-0.1, -0.05) is 12.1 Å². The van der Waals surface area contributed by atoms with Crippen molar-refractivity contribution in [3.63, 3.8) is 0 Å². The molecule has 7 heteroatoms. The van der Waals surface area contributed by atoms with Crippen LogP contribution >= 0.6 is 0 Å². The van der Waals surface area contributed by atoms with Crippen molar-refractivity contribution in [1.29, 1.82) is 0 Å². The number of nitrogens with zero attached hydrogens (tertiary/aromatic N) is 4. The molecule has 0 aliphatic rings. The van der Waals surface area contributed by atoms with Crippen LogP contribution in [0.3, 0.4) is 0 Å². The van der Waals surface area contributed by atoms with Crippen LogP contribution in [-0.2, 0) is 13.1 Å². The van der Waals surface area contributed by atoms with E-state index in [1.54, 1.807) is 30.1 Å². The lowest BCUT2D eigenvalue weighted by molar-refractivity contribution is 0.202. The molecule has 23 heavy (non-hydrogen) atoms. The Balaban J connectivity index is 1.88. The minimum Gasteiger partial charge on any atom is -0.496 e. The predicted octanol–water partition coefficient (Wildman–Crippen LogP) is 1.83. The number of ether oxygens (including phenoxy) is 1. The highest BCUT2D eigenvalue weighted by atomic mass is 16.5. The second-order valence-electron chi connectivity index (χ2n) is 5.63. The SMILES string of the molecule is COc1ccc(CN(C)C(=O)N[C@H](C)Cn2cncn2)cc1C. The van der Waals surface area contributed by atoms with Crippen LogP contribution in [0.1, 0.15) is 18.1 Å². The quantitative estimate of drug-likeness (QED) is 0.882. The molecule has 0 bridgehead atoms. The first-order chi connectivity index (χ1) is 11.0. The third-order valence-corrected chi connectivity index (χ3v) is 3.52. The number of rotatable bonds is 6. The van der Waals surface area contributed by atoms with E-state index in [2.05, 4.69) is 15.4 Å². The molecule has 0 saturated carbocycles. The van der Waals surface area contributed by atoms with Gasteiger partial charge in [0.1, 0.15) is 18.4 Å². The molecule has 0 aliphatic heterocycles. The Morgan fingerprint density at radius 1 is 1.48 bits per heavy atom. The third-order valence-electron chi connectivity index (χ3n) is 3.52. The van der Waals surface area contributed by atoms with Gasteiger partial charge in [0.05, 0.1) is 13.7 Å². The van der Waals surface area contributed by atoms with E-state index in [0.29, 0.717) is 13.1 Å². The van der Waals surface area contributed by atoms with E-state index in [1.807, 2.05) is 32.0 Å². The van der Waals surface area contributed by atoms with Gasteiger partial charge in [0, 0.05) is 19.6 Å². The predicted molar refractivity (Wildman–Crippen MR) is 87.2 cm³/mol. The van der Waals surface area contributed by atoms with Gasteiger partial charge >= 0.3 is 6.03 Å². The number of carbonyl (C=O) groups is 1. The van der Waals surface area contributed by atoms with Crippen molar-refractivity contribution >= 4 is 6.03 Å². The van der Waals surface area contributed by atoms with E-state index in [1.165, 1.54) is 6.33 Å². The first-order valence-electron chi connectivity index (χ1n) is 7.47. The van der Waals surface area contributed by atoms with Crippen LogP contribution in [0.2, 0.25) is 0 Å². The van der Waals surface area contributed by atoms with Crippen molar-refractivity contribution in [2.24, 2.45) is 0 Å². The van der Waals surface area contributed by atoms with Crippen molar-refractivity contribution in [2.75, 3.05) is 14.2 Å². The molecule has 1 aromatic heterocycles. The van der Waals surface area contributed by atoms with Crippen LogP contribution in [0.15, 0.2) is 30.9 Å². The second-order valence-corrected chi connectivity index (χ2v) is 5.63. The van der Waals surface area contributed by atoms with Crippen LogP contribution < -0.4 is 10.1 Å². The largest absolute Gasteiger partial charge is 0.496 e. The lowest BCUT2D eigenvalue weighted by Crippen LogP contribution is -2.43. The van der Waals surface area contributed by atoms with E-state index in [9.17, 15) is 4.79 Å². The first kappa shape index (κ1) is 16.8. The van der Waals surface area contributed by atoms with E-state index in [4.69, 9.17) is 4.74 Å². The monoisotopic (exact) mass is 317 g/mol. The Hall–Kier alpha value is -2.57. The van der Waals surface area contributed by atoms with Crippen molar-refractivity contribution in [3.8, 4) is 5.75 Å². The van der Waals surface area contributed by atoms with Gasteiger partial charge < -0.3 is 15.0 Å². The Labute approximate surface area is 136 Å². The first-order valence-corrected chi connectivity index (χ1v) is 7.47. The maximum atomic E-state index is 12.2. The molecule has 2 aromatic rings. The molecular formula is C16H23N5O2. The molecule has 1 heterocycles. The standard InChI is InChI=1S/C16H23N5O2/c1-12-7-14(5-6-15(12)23-4)9-20(3)16(22)19-13(2)8-21-11-17-10-18-21/h5-7,10-11,13H,8-9H2,1-4H3,(H,19,22)/t13-/m1/s1. The fraction of sp³-hybridized carbons (Fsp3) is 0.438. The molecule has 0 radical (unpaired) electrons. The fourth-order valence-corrected chi connectivity index (χ4v) is 2.36. The highest BCUT2D eigenvalue weighted by Crippen LogP contribution is 2.19. The average Bonchev–Trinajstić information content (AvgIpc) is 3.00. The molecule has 1 aromatic carbocycles. The fourth-order valence-electron chi connectivity index (χ4n) is 2.36. The number of nitrogens with one attached hydrogen (secondary N) is 1. The van der Waals surface area contributed by atoms with Crippen LogP contribution in [-0.4, -0.2) is 45.9 Å². The molecule has 7 nitrogen and oxygen atoms in total. The zero-order valence-electron chi connectivity index (χ0n) is 14.0. The lowest BCUT2D eigenvalue weighted by atomic mass is 10.1. The summed E-state index contributed by atoms with van der Waals surface area (Å²) in [5.41, 5.74) is 2.11. The van der Waals surface area contributed by atoms with Gasteiger partial charge in [-0.2, -0.15) is 5.10 Å². The number of carbonyl (C=O) groups excluding carboxylic acids is 1. The zero-order chi connectivity index (χ0) is 16.8. The van der Waals surface area contributed by atoms with Crippen molar-refractivity contribution in [3.05, 3.63) is 42.0 Å².